The van der Waals surface area contributed by atoms with Gasteiger partial charge in [0.25, 0.3) is 0 Å². The largest absolute Gasteiger partial charge is 0.465 e. The molecule has 4 aromatic carbocycles. The monoisotopic (exact) mass is 1270 g/mol. The van der Waals surface area contributed by atoms with E-state index in [4.69, 9.17) is 61.0 Å². The molecule has 0 saturated heterocycles. The molecule has 0 amide bonds. The van der Waals surface area contributed by atoms with Gasteiger partial charge >= 0.3 is 42.0 Å². The number of para-hydroxylation sites is 1. The van der Waals surface area contributed by atoms with Crippen LogP contribution in [-0.4, -0.2) is 107 Å². The van der Waals surface area contributed by atoms with Gasteiger partial charge in [0, 0.05) is 10.0 Å². The van der Waals surface area contributed by atoms with Crippen LogP contribution in [0, 0.1) is 12.7 Å². The predicted octanol–water partition coefficient (Wildman–Crippen LogP) is 12.6. The molecule has 0 fully saturated rings. The Morgan fingerprint density at radius 1 is 0.463 bits per heavy atom. The summed E-state index contributed by atoms with van der Waals surface area (Å²) in [5, 5.41) is 29.7. The number of aliphatic hydroxyl groups excluding tert-OH is 2. The molecule has 82 heavy (non-hydrogen) atoms. The maximum atomic E-state index is 12.9. The second kappa shape index (κ2) is 36.4. The summed E-state index contributed by atoms with van der Waals surface area (Å²) in [6.07, 6.45) is 0. The molecule has 0 spiro atoms. The maximum Gasteiger partial charge on any atom is 0.323 e. The highest BCUT2D eigenvalue weighted by Gasteiger charge is 2.37. The number of rotatable bonds is 28. The number of benzene rings is 4. The van der Waals surface area contributed by atoms with Gasteiger partial charge in [0.1, 0.15) is 54.1 Å². The molecule has 0 radical (unpaired) electrons. The number of nitrogens with one attached hydrogen (secondary N) is 4. The number of Topliss-reactive ketones (excluding diaryl/α,β-unsaturated/α-hetero) is 2. The Labute approximate surface area is 493 Å². The SMILES string of the molecule is CC(C)P(=O)(N[C@@H](C)C(=O)CO)Oc1ccc(Cl)cc1.CCOC(=O)[C@H](C)NP(=O)(Oc1ccc(Cl)cc1)C(C)C.CCOC(=O)[C@H](C)NP(=O)(Oc1ccc(F)cc1)C(C)C.Cc1ccccc1OP(=O)(N[C@@H](C)C(=O)CO)C(C)C. The summed E-state index contributed by atoms with van der Waals surface area (Å²) >= 11 is 11.6. The van der Waals surface area contributed by atoms with E-state index < -0.39 is 96.8 Å². The van der Waals surface area contributed by atoms with E-state index in [-0.39, 0.29) is 41.6 Å². The van der Waals surface area contributed by atoms with Gasteiger partial charge in [-0.2, -0.15) is 0 Å². The molecule has 8 atom stereocenters. The molecule has 6 N–H and O–H groups in total. The zero-order valence-electron chi connectivity index (χ0n) is 49.2. The van der Waals surface area contributed by atoms with Crippen LogP contribution in [-0.2, 0) is 46.9 Å². The van der Waals surface area contributed by atoms with Gasteiger partial charge in [-0.05, 0) is 133 Å². The first-order valence-corrected chi connectivity index (χ1v) is 33.9. The standard InChI is InChI=1S/C14H21ClNO4P.C14H21FNO4P.C14H22NO4P.C13H19ClNO4P/c2*1-5-19-14(17)11(4)16-21(18,10(2)3)20-13-8-6-12(15)7-9-13;1-10(2)20(18,15-12(4)13(17)9-16)19-14-8-6-5-7-11(14)3;1-9(2)20(18,15-10(3)13(17)8-16)19-12-6-4-11(14)5-7-12/h2*6-11H,5H2,1-4H3,(H,16,18);5-8,10,12,16H,9H2,1-4H3,(H,15,18);4-7,9-10,16H,8H2,1-3H3,(H,15,18)/t2*11-,21?;12-,20?;10-,20?/m0000/s1. The van der Waals surface area contributed by atoms with Crippen LogP contribution in [0.1, 0.15) is 102 Å². The molecule has 0 aliphatic heterocycles. The molecule has 4 aromatic rings. The number of hydrogen-bond donors (Lipinski definition) is 6. The fourth-order valence-corrected chi connectivity index (χ4v) is 13.0. The number of hydrogen-bond acceptors (Lipinski definition) is 16. The van der Waals surface area contributed by atoms with E-state index in [1.54, 1.807) is 158 Å². The second-order valence-electron chi connectivity index (χ2n) is 19.4. The van der Waals surface area contributed by atoms with Crippen LogP contribution in [0.3, 0.4) is 0 Å². The fourth-order valence-electron chi connectivity index (χ4n) is 6.02. The average Bonchev–Trinajstić information content (AvgIpc) is 3.41. The van der Waals surface area contributed by atoms with Crippen molar-refractivity contribution in [3.63, 3.8) is 0 Å². The Balaban J connectivity index is 0.000000547. The smallest absolute Gasteiger partial charge is 0.323 e. The number of halogens is 3. The van der Waals surface area contributed by atoms with E-state index in [1.165, 1.54) is 24.3 Å². The minimum Gasteiger partial charge on any atom is -0.465 e. The minimum atomic E-state index is -3.34. The average molecular weight is 1270 g/mol. The van der Waals surface area contributed by atoms with Gasteiger partial charge in [-0.25, -0.2) is 24.7 Å². The van der Waals surface area contributed by atoms with Crippen LogP contribution in [0.15, 0.2) is 97.1 Å². The number of aryl methyl sites for hydroxylation is 1. The van der Waals surface area contributed by atoms with Crippen molar-refractivity contribution in [3.05, 3.63) is 118 Å². The maximum absolute atomic E-state index is 12.9. The van der Waals surface area contributed by atoms with Crippen LogP contribution >= 0.6 is 53.3 Å². The van der Waals surface area contributed by atoms with Gasteiger partial charge in [-0.1, -0.05) is 96.8 Å². The van der Waals surface area contributed by atoms with E-state index in [9.17, 15) is 41.8 Å². The van der Waals surface area contributed by atoms with Crippen LogP contribution in [0.5, 0.6) is 23.0 Å². The molecular weight excluding hydrogens is 1190 g/mol. The number of ether oxygens (including phenoxy) is 2. The van der Waals surface area contributed by atoms with Crippen molar-refractivity contribution in [1.82, 2.24) is 20.3 Å². The Kier molecular flexibility index (Phi) is 33.5. The van der Waals surface area contributed by atoms with Gasteiger partial charge < -0.3 is 37.8 Å². The predicted molar refractivity (Wildman–Crippen MR) is 322 cm³/mol. The van der Waals surface area contributed by atoms with E-state index in [0.29, 0.717) is 27.3 Å². The third-order valence-electron chi connectivity index (χ3n) is 11.3. The lowest BCUT2D eigenvalue weighted by molar-refractivity contribution is -0.145. The number of carbonyl (C=O) groups is 4. The lowest BCUT2D eigenvalue weighted by Crippen LogP contribution is -2.36. The first kappa shape index (κ1) is 75.6. The third-order valence-corrected chi connectivity index (χ3v) is 22.1. The molecule has 20 nitrogen and oxygen atoms in total. The lowest BCUT2D eigenvalue weighted by atomic mass is 10.2. The van der Waals surface area contributed by atoms with Crippen LogP contribution in [0.4, 0.5) is 4.39 Å². The molecule has 0 aromatic heterocycles. The number of ketones is 2. The Morgan fingerprint density at radius 2 is 0.744 bits per heavy atom. The Morgan fingerprint density at radius 3 is 1.02 bits per heavy atom. The lowest BCUT2D eigenvalue weighted by Gasteiger charge is -2.27. The Bertz CT molecular complexity index is 2720. The van der Waals surface area contributed by atoms with E-state index in [2.05, 4.69) is 20.3 Å². The van der Waals surface area contributed by atoms with Crippen LogP contribution in [0.25, 0.3) is 0 Å². The zero-order valence-corrected chi connectivity index (χ0v) is 54.3. The summed E-state index contributed by atoms with van der Waals surface area (Å²) in [5.74, 6) is -0.584. The van der Waals surface area contributed by atoms with Gasteiger partial charge in [0.15, 0.2) is 11.6 Å². The molecule has 0 heterocycles. The molecule has 460 valence electrons. The van der Waals surface area contributed by atoms with Crippen molar-refractivity contribution in [2.45, 2.75) is 151 Å². The zero-order chi connectivity index (χ0) is 62.8. The van der Waals surface area contributed by atoms with Crippen molar-refractivity contribution in [2.75, 3.05) is 26.4 Å². The molecule has 0 saturated carbocycles. The minimum absolute atomic E-state index is 0.246. The highest BCUT2D eigenvalue weighted by Crippen LogP contribution is 2.51. The van der Waals surface area contributed by atoms with Crippen LogP contribution in [0.2, 0.25) is 10.0 Å². The van der Waals surface area contributed by atoms with Crippen molar-refractivity contribution in [1.29, 1.82) is 0 Å². The van der Waals surface area contributed by atoms with Gasteiger partial charge in [0.05, 0.1) is 47.9 Å². The summed E-state index contributed by atoms with van der Waals surface area (Å²) in [7, 11) is -13.1. The highest BCUT2D eigenvalue weighted by molar-refractivity contribution is 7.59. The van der Waals surface area contributed by atoms with Gasteiger partial charge in [-0.15, -0.1) is 0 Å². The first-order chi connectivity index (χ1) is 38.1. The molecular formula is C55H83Cl2FN4O16P4. The normalized spacial score (nSPS) is 15.5. The van der Waals surface area contributed by atoms with Gasteiger partial charge in [0.2, 0.25) is 0 Å². The number of carbonyl (C=O) groups excluding carboxylic acids is 4. The first-order valence-electron chi connectivity index (χ1n) is 26.4. The molecule has 4 unspecified atom stereocenters. The second-order valence-corrected chi connectivity index (χ2v) is 31.0. The molecule has 4 rings (SSSR count). The van der Waals surface area contributed by atoms with Crippen molar-refractivity contribution in [3.8, 4) is 23.0 Å². The Hall–Kier alpha value is -4.45. The number of aliphatic hydroxyl groups is 2. The molecule has 0 aliphatic rings. The molecule has 27 heteroatoms. The third kappa shape index (κ3) is 26.2. The van der Waals surface area contributed by atoms with E-state index >= 15 is 0 Å². The summed E-state index contributed by atoms with van der Waals surface area (Å²) in [6, 6.07) is 22.6. The van der Waals surface area contributed by atoms with E-state index in [1.807, 2.05) is 19.1 Å². The summed E-state index contributed by atoms with van der Waals surface area (Å²) < 4.78 is 96.4. The molecule has 0 bridgehead atoms. The fraction of sp³-hybridized carbons (Fsp3) is 0.491. The topological polar surface area (TPSA) is 281 Å². The summed E-state index contributed by atoms with van der Waals surface area (Å²) in [4.78, 5) is 46.1. The summed E-state index contributed by atoms with van der Waals surface area (Å²) in [5.41, 5.74) is -0.413. The summed E-state index contributed by atoms with van der Waals surface area (Å²) in [6.45, 7) is 24.8. The van der Waals surface area contributed by atoms with E-state index in [0.717, 1.165) is 5.56 Å². The van der Waals surface area contributed by atoms with Crippen LogP contribution < -0.4 is 38.4 Å². The highest BCUT2D eigenvalue weighted by atomic mass is 35.5. The number of esters is 2. The molecule has 0 aliphatic carbocycles. The quantitative estimate of drug-likeness (QED) is 0.0228. The van der Waals surface area contributed by atoms with Crippen molar-refractivity contribution >= 4 is 76.8 Å². The van der Waals surface area contributed by atoms with Crippen molar-refractivity contribution < 1.29 is 79.6 Å². The van der Waals surface area contributed by atoms with Gasteiger partial charge in [-0.3, -0.25) is 37.4 Å². The van der Waals surface area contributed by atoms with Crippen molar-refractivity contribution in [2.24, 2.45) is 0 Å².